The van der Waals surface area contributed by atoms with Gasteiger partial charge in [-0.25, -0.2) is 19.7 Å². The third-order valence-corrected chi connectivity index (χ3v) is 7.18. The quantitative estimate of drug-likeness (QED) is 0.0299. The molecule has 0 fully saturated rings. The zero-order valence-corrected chi connectivity index (χ0v) is 26.4. The summed E-state index contributed by atoms with van der Waals surface area (Å²) < 4.78 is 22.0. The maximum absolute atomic E-state index is 13.0. The molecule has 1 unspecified atom stereocenters. The van der Waals surface area contributed by atoms with Crippen molar-refractivity contribution in [3.63, 3.8) is 0 Å². The molecule has 5 rings (SSSR count). The maximum Gasteiger partial charge on any atom is 0.343 e. The van der Waals surface area contributed by atoms with Gasteiger partial charge in [0.15, 0.2) is 12.5 Å². The Labute approximate surface area is 272 Å². The Hall–Kier alpha value is -4.84. The van der Waals surface area contributed by atoms with E-state index >= 15 is 0 Å². The number of benzene rings is 5. The van der Waals surface area contributed by atoms with Crippen molar-refractivity contribution in [2.24, 2.45) is 0 Å². The Morgan fingerprint density at radius 3 is 1.98 bits per heavy atom. The van der Waals surface area contributed by atoms with Crippen LogP contribution in [0.4, 0.5) is 0 Å². The summed E-state index contributed by atoms with van der Waals surface area (Å²) in [5.74, 6) is 0.104. The molecule has 5 aromatic carbocycles. The molecule has 5 aromatic rings. The van der Waals surface area contributed by atoms with E-state index in [4.69, 9.17) is 28.7 Å². The van der Waals surface area contributed by atoms with Gasteiger partial charge in [0, 0.05) is 18.8 Å². The van der Waals surface area contributed by atoms with E-state index in [1.54, 1.807) is 79.7 Å². The van der Waals surface area contributed by atoms with Crippen molar-refractivity contribution in [2.45, 2.75) is 39.9 Å². The molecule has 0 aliphatic heterocycles. The zero-order valence-electron chi connectivity index (χ0n) is 26.4. The molecule has 0 aromatic heterocycles. The van der Waals surface area contributed by atoms with E-state index in [2.05, 4.69) is 4.89 Å². The summed E-state index contributed by atoms with van der Waals surface area (Å²) in [6.45, 7) is 6.79. The summed E-state index contributed by atoms with van der Waals surface area (Å²) in [7, 11) is 0. The van der Waals surface area contributed by atoms with Gasteiger partial charge in [-0.05, 0) is 108 Å². The van der Waals surface area contributed by atoms with Crippen molar-refractivity contribution in [2.75, 3.05) is 20.0 Å². The number of hydrogen-bond acceptors (Lipinski definition) is 10. The first-order chi connectivity index (χ1) is 22.9. The Morgan fingerprint density at radius 2 is 1.30 bits per heavy atom. The van der Waals surface area contributed by atoms with Gasteiger partial charge < -0.3 is 23.8 Å². The van der Waals surface area contributed by atoms with Gasteiger partial charge in [0.1, 0.15) is 11.5 Å². The van der Waals surface area contributed by atoms with Gasteiger partial charge in [-0.2, -0.15) is 4.89 Å². The van der Waals surface area contributed by atoms with E-state index in [0.717, 1.165) is 34.4 Å². The molecule has 1 N–H and O–H groups in total. The molecule has 0 aliphatic rings. The summed E-state index contributed by atoms with van der Waals surface area (Å²) in [6, 6.07) is 26.0. The largest absolute Gasteiger partial charge is 0.423 e. The van der Waals surface area contributed by atoms with Crippen LogP contribution in [0.25, 0.3) is 21.5 Å². The fraction of sp³-hybridized carbons (Fsp3) is 0.243. The standard InChI is InChI=1S/C37H36O10/c1-4-16-41-23-43-47-33-13-12-27-20-29(10-7-28(27)22-33)35(38)44-32-14-15-34(24(3)18-32)45-36(39)30-9-6-26-21-31(11-8-25(26)19-30)37(46-40)42-17-5-2/h6-15,18-22,37,40H,4-5,16-17,23H2,1-3H3. The SMILES string of the molecule is CCCOCOOc1ccc2cc(C(=O)Oc3ccc(OC(=O)c4ccc5cc(C(OO)OCCC)ccc5c4)c(C)c3)ccc2c1. The summed E-state index contributed by atoms with van der Waals surface area (Å²) in [5, 5.41) is 12.6. The number of rotatable bonds is 15. The fourth-order valence-electron chi connectivity index (χ4n) is 4.81. The lowest BCUT2D eigenvalue weighted by atomic mass is 10.0. The minimum Gasteiger partial charge on any atom is -0.423 e. The molecule has 0 saturated carbocycles. The molecule has 0 amide bonds. The molecule has 0 spiro atoms. The average Bonchev–Trinajstić information content (AvgIpc) is 3.09. The number of hydrogen-bond donors (Lipinski definition) is 1. The summed E-state index contributed by atoms with van der Waals surface area (Å²) >= 11 is 0. The van der Waals surface area contributed by atoms with Crippen LogP contribution in [0.1, 0.15) is 64.8 Å². The maximum atomic E-state index is 13.0. The molecular formula is C37H36O10. The van der Waals surface area contributed by atoms with Crippen molar-refractivity contribution in [1.29, 1.82) is 0 Å². The average molecular weight is 641 g/mol. The normalized spacial score (nSPS) is 11.8. The van der Waals surface area contributed by atoms with Gasteiger partial charge in [-0.1, -0.05) is 44.2 Å². The van der Waals surface area contributed by atoms with Crippen LogP contribution in [0.3, 0.4) is 0 Å². The summed E-state index contributed by atoms with van der Waals surface area (Å²) in [5.41, 5.74) is 2.00. The fourth-order valence-corrected chi connectivity index (χ4v) is 4.81. The van der Waals surface area contributed by atoms with Crippen LogP contribution in [0.5, 0.6) is 17.2 Å². The van der Waals surface area contributed by atoms with Gasteiger partial charge in [-0.3, -0.25) is 0 Å². The summed E-state index contributed by atoms with van der Waals surface area (Å²) in [4.78, 5) is 40.8. The van der Waals surface area contributed by atoms with Gasteiger partial charge in [0.05, 0.1) is 11.1 Å². The first kappa shape index (κ1) is 33.5. The van der Waals surface area contributed by atoms with E-state index in [-0.39, 0.29) is 6.79 Å². The minimum absolute atomic E-state index is 0.0329. The van der Waals surface area contributed by atoms with E-state index in [9.17, 15) is 14.8 Å². The highest BCUT2D eigenvalue weighted by Gasteiger charge is 2.16. The smallest absolute Gasteiger partial charge is 0.343 e. The Kier molecular flexibility index (Phi) is 11.5. The van der Waals surface area contributed by atoms with Gasteiger partial charge in [0.2, 0.25) is 6.29 Å². The van der Waals surface area contributed by atoms with E-state index < -0.39 is 18.2 Å². The summed E-state index contributed by atoms with van der Waals surface area (Å²) in [6.07, 6.45) is 0.775. The molecular weight excluding hydrogens is 604 g/mol. The van der Waals surface area contributed by atoms with Crippen LogP contribution in [0.2, 0.25) is 0 Å². The molecule has 10 heteroatoms. The van der Waals surface area contributed by atoms with Gasteiger partial charge in [0.25, 0.3) is 0 Å². The molecule has 0 radical (unpaired) electrons. The van der Waals surface area contributed by atoms with E-state index in [0.29, 0.717) is 52.7 Å². The highest BCUT2D eigenvalue weighted by atomic mass is 17.2. The molecule has 0 bridgehead atoms. The van der Waals surface area contributed by atoms with Crippen molar-refractivity contribution in [1.82, 2.24) is 0 Å². The number of carbonyl (C=O) groups is 2. The molecule has 1 atom stereocenters. The predicted molar refractivity (Wildman–Crippen MR) is 175 cm³/mol. The minimum atomic E-state index is -0.896. The first-order valence-corrected chi connectivity index (χ1v) is 15.3. The molecule has 244 valence electrons. The van der Waals surface area contributed by atoms with Crippen LogP contribution < -0.4 is 14.4 Å². The van der Waals surface area contributed by atoms with Crippen LogP contribution in [0, 0.1) is 6.92 Å². The van der Waals surface area contributed by atoms with Crippen molar-refractivity contribution in [3.8, 4) is 17.2 Å². The van der Waals surface area contributed by atoms with Crippen LogP contribution in [-0.4, -0.2) is 37.2 Å². The number of fused-ring (bicyclic) bond motifs is 2. The van der Waals surface area contributed by atoms with Crippen molar-refractivity contribution >= 4 is 33.5 Å². The zero-order chi connectivity index (χ0) is 33.2. The highest BCUT2D eigenvalue weighted by Crippen LogP contribution is 2.28. The van der Waals surface area contributed by atoms with Gasteiger partial charge in [-0.15, -0.1) is 0 Å². The lowest BCUT2D eigenvalue weighted by molar-refractivity contribution is -0.351. The van der Waals surface area contributed by atoms with Gasteiger partial charge >= 0.3 is 11.9 Å². The van der Waals surface area contributed by atoms with Crippen molar-refractivity contribution in [3.05, 3.63) is 113 Å². The second-order valence-corrected chi connectivity index (χ2v) is 10.8. The number of carbonyl (C=O) groups excluding carboxylic acids is 2. The van der Waals surface area contributed by atoms with Crippen LogP contribution >= 0.6 is 0 Å². The molecule has 0 heterocycles. The molecule has 47 heavy (non-hydrogen) atoms. The third kappa shape index (κ3) is 8.70. The number of esters is 2. The number of ether oxygens (including phenoxy) is 4. The van der Waals surface area contributed by atoms with E-state index in [1.807, 2.05) is 32.0 Å². The lowest BCUT2D eigenvalue weighted by Gasteiger charge is -2.15. The van der Waals surface area contributed by atoms with Crippen molar-refractivity contribution < 1.29 is 48.5 Å². The van der Waals surface area contributed by atoms with Crippen LogP contribution in [0.15, 0.2) is 91.0 Å². The second kappa shape index (κ2) is 16.1. The monoisotopic (exact) mass is 640 g/mol. The van der Waals surface area contributed by atoms with Crippen LogP contribution in [-0.2, 0) is 19.2 Å². The lowest BCUT2D eigenvalue weighted by Crippen LogP contribution is -2.11. The molecule has 0 saturated heterocycles. The second-order valence-electron chi connectivity index (χ2n) is 10.8. The Balaban J connectivity index is 1.20. The predicted octanol–water partition coefficient (Wildman–Crippen LogP) is 8.35. The third-order valence-electron chi connectivity index (χ3n) is 7.18. The molecule has 10 nitrogen and oxygen atoms in total. The van der Waals surface area contributed by atoms with E-state index in [1.165, 1.54) is 0 Å². The highest BCUT2D eigenvalue weighted by molar-refractivity contribution is 5.98. The topological polar surface area (TPSA) is 119 Å². The number of aryl methyl sites for hydroxylation is 1. The first-order valence-electron chi connectivity index (χ1n) is 15.3. The Bertz CT molecular complexity index is 1850. The Morgan fingerprint density at radius 1 is 0.681 bits per heavy atom. The molecule has 0 aliphatic carbocycles.